The van der Waals surface area contributed by atoms with Crippen molar-refractivity contribution < 1.29 is 14.3 Å². The largest absolute Gasteiger partial charge is 0.448 e. The van der Waals surface area contributed by atoms with Gasteiger partial charge in [-0.1, -0.05) is 23.7 Å². The molecule has 1 N–H and O–H groups in total. The fourth-order valence-electron chi connectivity index (χ4n) is 2.78. The lowest BCUT2D eigenvalue weighted by Crippen LogP contribution is -2.30. The predicted octanol–water partition coefficient (Wildman–Crippen LogP) is 4.02. The number of halogens is 1. The smallest absolute Gasteiger partial charge is 0.349 e. The molecule has 8 nitrogen and oxygen atoms in total. The Hall–Kier alpha value is -3.30. The first-order valence-electron chi connectivity index (χ1n) is 8.97. The molecule has 152 valence electrons. The first kappa shape index (κ1) is 20.0. The number of aryl methyl sites for hydroxylation is 1. The van der Waals surface area contributed by atoms with E-state index in [1.165, 1.54) is 30.7 Å². The Kier molecular flexibility index (Phi) is 5.47. The van der Waals surface area contributed by atoms with Gasteiger partial charge < -0.3 is 4.74 Å². The van der Waals surface area contributed by atoms with Gasteiger partial charge in [-0.15, -0.1) is 11.3 Å². The summed E-state index contributed by atoms with van der Waals surface area (Å²) < 4.78 is 7.03. The normalized spacial score (nSPS) is 12.0. The molecule has 0 radical (unpaired) electrons. The molecule has 0 spiro atoms. The first-order chi connectivity index (χ1) is 14.4. The molecule has 0 aliphatic heterocycles. The molecule has 0 aliphatic rings. The van der Waals surface area contributed by atoms with Gasteiger partial charge >= 0.3 is 5.97 Å². The van der Waals surface area contributed by atoms with Gasteiger partial charge in [0.15, 0.2) is 6.10 Å². The Morgan fingerprint density at radius 3 is 2.67 bits per heavy atom. The molecule has 4 rings (SSSR count). The number of esters is 1. The Bertz CT molecular complexity index is 1240. The molecule has 0 bridgehead atoms. The topological polar surface area (TPSA) is 99.0 Å². The van der Waals surface area contributed by atoms with Crippen molar-refractivity contribution in [3.05, 3.63) is 64.4 Å². The summed E-state index contributed by atoms with van der Waals surface area (Å²) in [7, 11) is 0. The standard InChI is InChI=1S/C20H16ClN5O3S/c1-11-13-10-16(30-18(13)26(25-11)15-7-4-3-6-14(15)21)19(28)29-12(2)17(27)24-20-22-8-5-9-23-20/h3-10,12H,1-2H3,(H,22,23,24,27). The first-order valence-corrected chi connectivity index (χ1v) is 10.2. The van der Waals surface area contributed by atoms with E-state index in [4.69, 9.17) is 16.3 Å². The van der Waals surface area contributed by atoms with E-state index in [1.54, 1.807) is 22.9 Å². The average molecular weight is 442 g/mol. The molecule has 4 aromatic rings. The highest BCUT2D eigenvalue weighted by Gasteiger charge is 2.23. The van der Waals surface area contributed by atoms with Crippen molar-refractivity contribution in [2.75, 3.05) is 5.32 Å². The predicted molar refractivity (Wildman–Crippen MR) is 114 cm³/mol. The van der Waals surface area contributed by atoms with E-state index in [1.807, 2.05) is 25.1 Å². The van der Waals surface area contributed by atoms with Crippen LogP contribution in [0.25, 0.3) is 15.9 Å². The molecule has 10 heteroatoms. The number of ether oxygens (including phenoxy) is 1. The van der Waals surface area contributed by atoms with Gasteiger partial charge in [0, 0.05) is 17.8 Å². The maximum atomic E-state index is 12.6. The van der Waals surface area contributed by atoms with Crippen LogP contribution in [0.1, 0.15) is 22.3 Å². The lowest BCUT2D eigenvalue weighted by Gasteiger charge is -2.11. The van der Waals surface area contributed by atoms with Crippen molar-refractivity contribution in [2.24, 2.45) is 0 Å². The van der Waals surface area contributed by atoms with Crippen LogP contribution in [-0.4, -0.2) is 37.7 Å². The molecule has 1 amide bonds. The van der Waals surface area contributed by atoms with Gasteiger partial charge in [-0.3, -0.25) is 10.1 Å². The number of rotatable bonds is 5. The van der Waals surface area contributed by atoms with Crippen molar-refractivity contribution >= 4 is 51.0 Å². The number of nitrogens with one attached hydrogen (secondary N) is 1. The summed E-state index contributed by atoms with van der Waals surface area (Å²) in [4.78, 5) is 33.8. The summed E-state index contributed by atoms with van der Waals surface area (Å²) in [5, 5.41) is 8.40. The monoisotopic (exact) mass is 441 g/mol. The zero-order valence-corrected chi connectivity index (χ0v) is 17.6. The van der Waals surface area contributed by atoms with Crippen LogP contribution in [0.4, 0.5) is 5.95 Å². The van der Waals surface area contributed by atoms with Gasteiger partial charge in [-0.25, -0.2) is 19.4 Å². The molecular formula is C20H16ClN5O3S. The number of aromatic nitrogens is 4. The second-order valence-electron chi connectivity index (χ2n) is 6.39. The summed E-state index contributed by atoms with van der Waals surface area (Å²) in [6.45, 7) is 3.34. The van der Waals surface area contributed by atoms with Crippen LogP contribution >= 0.6 is 22.9 Å². The van der Waals surface area contributed by atoms with Crippen LogP contribution in [0.2, 0.25) is 5.02 Å². The molecule has 3 aromatic heterocycles. The quantitative estimate of drug-likeness (QED) is 0.469. The van der Waals surface area contributed by atoms with Gasteiger partial charge in [0.05, 0.1) is 16.4 Å². The third-order valence-corrected chi connectivity index (χ3v) is 5.69. The minimum absolute atomic E-state index is 0.141. The molecule has 1 unspecified atom stereocenters. The Labute approximate surface area is 180 Å². The van der Waals surface area contributed by atoms with Crippen LogP contribution in [0.5, 0.6) is 0 Å². The minimum Gasteiger partial charge on any atom is -0.448 e. The molecular weight excluding hydrogens is 426 g/mol. The van der Waals surface area contributed by atoms with Crippen molar-refractivity contribution in [3.8, 4) is 5.69 Å². The molecule has 1 atom stereocenters. The SMILES string of the molecule is Cc1nn(-c2ccccc2Cl)c2sc(C(=O)OC(C)C(=O)Nc3ncccn3)cc12. The number of thiophene rings is 1. The lowest BCUT2D eigenvalue weighted by atomic mass is 10.3. The van der Waals surface area contributed by atoms with Crippen LogP contribution in [-0.2, 0) is 9.53 Å². The second kappa shape index (κ2) is 8.21. The van der Waals surface area contributed by atoms with Gasteiger partial charge in [0.1, 0.15) is 9.71 Å². The molecule has 0 aliphatic carbocycles. The highest BCUT2D eigenvalue weighted by Crippen LogP contribution is 2.32. The number of hydrogen-bond acceptors (Lipinski definition) is 7. The number of fused-ring (bicyclic) bond motifs is 1. The van der Waals surface area contributed by atoms with Gasteiger partial charge in [-0.05, 0) is 38.1 Å². The van der Waals surface area contributed by atoms with Crippen LogP contribution in [0.15, 0.2) is 48.8 Å². The summed E-state index contributed by atoms with van der Waals surface area (Å²) >= 11 is 7.53. The minimum atomic E-state index is -1.02. The number of hydrogen-bond donors (Lipinski definition) is 1. The molecule has 0 fully saturated rings. The van der Waals surface area contributed by atoms with Crippen molar-refractivity contribution in [1.82, 2.24) is 19.7 Å². The molecule has 0 saturated carbocycles. The second-order valence-corrected chi connectivity index (χ2v) is 7.83. The summed E-state index contributed by atoms with van der Waals surface area (Å²) in [6, 6.07) is 10.7. The van der Waals surface area contributed by atoms with E-state index in [-0.39, 0.29) is 5.95 Å². The number of anilines is 1. The number of carbonyl (C=O) groups excluding carboxylic acids is 2. The molecule has 30 heavy (non-hydrogen) atoms. The van der Waals surface area contributed by atoms with Crippen LogP contribution in [0.3, 0.4) is 0 Å². The summed E-state index contributed by atoms with van der Waals surface area (Å²) in [5.41, 5.74) is 1.47. The van der Waals surface area contributed by atoms with Crippen LogP contribution < -0.4 is 5.32 Å². The third kappa shape index (κ3) is 3.89. The Balaban J connectivity index is 1.55. The van der Waals surface area contributed by atoms with E-state index in [0.717, 1.165) is 21.6 Å². The van der Waals surface area contributed by atoms with Gasteiger partial charge in [0.2, 0.25) is 5.95 Å². The molecule has 3 heterocycles. The van der Waals surface area contributed by atoms with Gasteiger partial charge in [-0.2, -0.15) is 5.10 Å². The van der Waals surface area contributed by atoms with Crippen LogP contribution in [0, 0.1) is 6.92 Å². The lowest BCUT2D eigenvalue weighted by molar-refractivity contribution is -0.123. The fraction of sp³-hybridized carbons (Fsp3) is 0.150. The number of carbonyl (C=O) groups is 2. The van der Waals surface area contributed by atoms with E-state index in [9.17, 15) is 9.59 Å². The maximum absolute atomic E-state index is 12.6. The zero-order chi connectivity index (χ0) is 21.3. The Morgan fingerprint density at radius 1 is 1.20 bits per heavy atom. The number of amides is 1. The average Bonchev–Trinajstić information content (AvgIpc) is 3.30. The molecule has 1 aromatic carbocycles. The fourth-order valence-corrected chi connectivity index (χ4v) is 4.06. The van der Waals surface area contributed by atoms with Crippen molar-refractivity contribution in [2.45, 2.75) is 20.0 Å². The van der Waals surface area contributed by atoms with E-state index in [0.29, 0.717) is 9.90 Å². The van der Waals surface area contributed by atoms with Crippen molar-refractivity contribution in [3.63, 3.8) is 0 Å². The Morgan fingerprint density at radius 2 is 1.93 bits per heavy atom. The number of nitrogens with zero attached hydrogens (tertiary/aromatic N) is 4. The highest BCUT2D eigenvalue weighted by atomic mass is 35.5. The van der Waals surface area contributed by atoms with E-state index < -0.39 is 18.0 Å². The van der Waals surface area contributed by atoms with Crippen molar-refractivity contribution in [1.29, 1.82) is 0 Å². The van der Waals surface area contributed by atoms with E-state index >= 15 is 0 Å². The van der Waals surface area contributed by atoms with E-state index in [2.05, 4.69) is 20.4 Å². The molecule has 0 saturated heterocycles. The number of para-hydroxylation sites is 1. The highest BCUT2D eigenvalue weighted by molar-refractivity contribution is 7.20. The third-order valence-electron chi connectivity index (χ3n) is 4.28. The summed E-state index contributed by atoms with van der Waals surface area (Å²) in [6.07, 6.45) is 1.98. The zero-order valence-electron chi connectivity index (χ0n) is 16.0. The van der Waals surface area contributed by atoms with Gasteiger partial charge in [0.25, 0.3) is 5.91 Å². The summed E-state index contributed by atoms with van der Waals surface area (Å²) in [5.74, 6) is -0.977. The number of benzene rings is 1. The maximum Gasteiger partial charge on any atom is 0.349 e.